The fourth-order valence-corrected chi connectivity index (χ4v) is 5.53. The van der Waals surface area contributed by atoms with Gasteiger partial charge in [0.15, 0.2) is 0 Å². The molecular weight excluding hydrogens is 376 g/mol. The number of aromatic nitrogens is 2. The van der Waals surface area contributed by atoms with E-state index in [1.807, 2.05) is 6.07 Å². The van der Waals surface area contributed by atoms with Crippen molar-refractivity contribution in [3.63, 3.8) is 0 Å². The van der Waals surface area contributed by atoms with Crippen molar-refractivity contribution in [3.05, 3.63) is 57.9 Å². The Bertz CT molecular complexity index is 918. The van der Waals surface area contributed by atoms with Crippen LogP contribution in [-0.2, 0) is 12.8 Å². The van der Waals surface area contributed by atoms with Crippen molar-refractivity contribution in [2.45, 2.75) is 75.6 Å². The van der Waals surface area contributed by atoms with Gasteiger partial charge in [0.2, 0.25) is 0 Å². The Hall–Kier alpha value is -2.18. The maximum Gasteiger partial charge on any atom is 0.267 e. The highest BCUT2D eigenvalue weighted by Crippen LogP contribution is 2.30. The molecule has 1 aliphatic heterocycles. The molecule has 160 valence electrons. The molecule has 2 aliphatic carbocycles. The van der Waals surface area contributed by atoms with E-state index in [0.717, 1.165) is 63.9 Å². The number of fused-ring (bicyclic) bond motifs is 1. The first-order valence-corrected chi connectivity index (χ1v) is 11.5. The van der Waals surface area contributed by atoms with Crippen molar-refractivity contribution in [2.24, 2.45) is 0 Å². The van der Waals surface area contributed by atoms with Gasteiger partial charge in [-0.25, -0.2) is 4.68 Å². The first-order chi connectivity index (χ1) is 14.7. The standard InChI is InChI=1S/C24H32N4O2/c29-22-10-5-9-21(22)28-24(30)12-11-23(26-28)27-13-4-3-8-20(27)16-25-19-14-17-6-1-2-7-18(17)15-19/h1-2,6-7,11-12,19-22,25,29H,3-5,8-10,13-16H2. The van der Waals surface area contributed by atoms with Gasteiger partial charge in [-0.2, -0.15) is 5.10 Å². The number of rotatable bonds is 5. The first kappa shape index (κ1) is 19.8. The smallest absolute Gasteiger partial charge is 0.267 e. The number of nitrogens with one attached hydrogen (secondary N) is 1. The van der Waals surface area contributed by atoms with E-state index in [1.165, 1.54) is 17.5 Å². The van der Waals surface area contributed by atoms with Gasteiger partial charge in [-0.05, 0) is 68.6 Å². The van der Waals surface area contributed by atoms with Gasteiger partial charge in [0.25, 0.3) is 5.56 Å². The lowest BCUT2D eigenvalue weighted by molar-refractivity contribution is 0.127. The molecule has 0 bridgehead atoms. The largest absolute Gasteiger partial charge is 0.391 e. The van der Waals surface area contributed by atoms with Crippen LogP contribution >= 0.6 is 0 Å². The molecule has 30 heavy (non-hydrogen) atoms. The van der Waals surface area contributed by atoms with Gasteiger partial charge in [-0.15, -0.1) is 0 Å². The fourth-order valence-electron chi connectivity index (χ4n) is 5.53. The molecule has 2 heterocycles. The first-order valence-electron chi connectivity index (χ1n) is 11.5. The van der Waals surface area contributed by atoms with Crippen molar-refractivity contribution < 1.29 is 5.11 Å². The van der Waals surface area contributed by atoms with Crippen molar-refractivity contribution in [2.75, 3.05) is 18.0 Å². The summed E-state index contributed by atoms with van der Waals surface area (Å²) in [7, 11) is 0. The Morgan fingerprint density at radius 3 is 2.53 bits per heavy atom. The zero-order valence-electron chi connectivity index (χ0n) is 17.5. The number of piperidine rings is 1. The SMILES string of the molecule is O=c1ccc(N2CCCCC2CNC2Cc3ccccc3C2)nn1C1CCCC1O. The van der Waals surface area contributed by atoms with Crippen LogP contribution in [0, 0.1) is 0 Å². The second-order valence-electron chi connectivity index (χ2n) is 9.17. The van der Waals surface area contributed by atoms with Gasteiger partial charge in [0.05, 0.1) is 12.1 Å². The number of nitrogens with zero attached hydrogens (tertiary/aromatic N) is 3. The van der Waals surface area contributed by atoms with Crippen LogP contribution in [0.5, 0.6) is 0 Å². The Balaban J connectivity index is 1.29. The minimum atomic E-state index is -0.465. The molecule has 2 fully saturated rings. The molecule has 1 aromatic heterocycles. The molecule has 0 amide bonds. The van der Waals surface area contributed by atoms with Crippen LogP contribution in [0.2, 0.25) is 0 Å². The lowest BCUT2D eigenvalue weighted by atomic mass is 10.0. The van der Waals surface area contributed by atoms with Crippen LogP contribution in [0.15, 0.2) is 41.2 Å². The molecule has 3 unspecified atom stereocenters. The van der Waals surface area contributed by atoms with Gasteiger partial charge in [0.1, 0.15) is 5.82 Å². The maximum absolute atomic E-state index is 12.4. The lowest BCUT2D eigenvalue weighted by Crippen LogP contribution is -2.49. The van der Waals surface area contributed by atoms with Gasteiger partial charge in [0, 0.05) is 31.2 Å². The third kappa shape index (κ3) is 3.91. The minimum absolute atomic E-state index is 0.111. The summed E-state index contributed by atoms with van der Waals surface area (Å²) < 4.78 is 1.54. The van der Waals surface area contributed by atoms with E-state index in [0.29, 0.717) is 12.1 Å². The Labute approximate surface area is 177 Å². The Morgan fingerprint density at radius 2 is 1.80 bits per heavy atom. The van der Waals surface area contributed by atoms with Crippen LogP contribution in [0.3, 0.4) is 0 Å². The molecule has 1 saturated carbocycles. The van der Waals surface area contributed by atoms with Crippen molar-refractivity contribution in [3.8, 4) is 0 Å². The van der Waals surface area contributed by atoms with Crippen LogP contribution in [0.1, 0.15) is 55.7 Å². The van der Waals surface area contributed by atoms with E-state index in [4.69, 9.17) is 5.10 Å². The molecule has 3 aliphatic rings. The predicted molar refractivity (Wildman–Crippen MR) is 118 cm³/mol. The second-order valence-corrected chi connectivity index (χ2v) is 9.17. The number of anilines is 1. The molecule has 2 aromatic rings. The number of aliphatic hydroxyl groups excluding tert-OH is 1. The van der Waals surface area contributed by atoms with Crippen LogP contribution < -0.4 is 15.8 Å². The van der Waals surface area contributed by atoms with E-state index in [1.54, 1.807) is 10.7 Å². The second kappa shape index (κ2) is 8.52. The molecule has 6 heteroatoms. The minimum Gasteiger partial charge on any atom is -0.391 e. The molecule has 1 saturated heterocycles. The molecule has 3 atom stereocenters. The van der Waals surface area contributed by atoms with Crippen LogP contribution in [0.25, 0.3) is 0 Å². The van der Waals surface area contributed by atoms with Gasteiger partial charge < -0.3 is 15.3 Å². The van der Waals surface area contributed by atoms with Crippen molar-refractivity contribution in [1.82, 2.24) is 15.1 Å². The summed E-state index contributed by atoms with van der Waals surface area (Å²) >= 11 is 0. The molecule has 6 nitrogen and oxygen atoms in total. The molecule has 0 spiro atoms. The number of hydrogen-bond donors (Lipinski definition) is 2. The van der Waals surface area contributed by atoms with Crippen molar-refractivity contribution >= 4 is 5.82 Å². The molecule has 0 radical (unpaired) electrons. The average Bonchev–Trinajstić information content (AvgIpc) is 3.38. The normalized spacial score (nSPS) is 26.8. The number of benzene rings is 1. The van der Waals surface area contributed by atoms with Crippen LogP contribution in [0.4, 0.5) is 5.82 Å². The summed E-state index contributed by atoms with van der Waals surface area (Å²) in [6, 6.07) is 12.9. The highest BCUT2D eigenvalue weighted by atomic mass is 16.3. The van der Waals surface area contributed by atoms with Gasteiger partial charge in [-0.1, -0.05) is 24.3 Å². The third-order valence-electron chi connectivity index (χ3n) is 7.18. The fraction of sp³-hybridized carbons (Fsp3) is 0.583. The molecule has 5 rings (SSSR count). The van der Waals surface area contributed by atoms with E-state index in [9.17, 15) is 9.90 Å². The maximum atomic E-state index is 12.4. The summed E-state index contributed by atoms with van der Waals surface area (Å²) in [4.78, 5) is 14.8. The summed E-state index contributed by atoms with van der Waals surface area (Å²) in [6.45, 7) is 1.90. The number of hydrogen-bond acceptors (Lipinski definition) is 5. The average molecular weight is 409 g/mol. The molecule has 1 aromatic carbocycles. The zero-order chi connectivity index (χ0) is 20.5. The Kier molecular flexibility index (Phi) is 5.61. The summed E-state index contributed by atoms with van der Waals surface area (Å²) in [5, 5.41) is 18.8. The topological polar surface area (TPSA) is 70.4 Å². The highest BCUT2D eigenvalue weighted by Gasteiger charge is 2.30. The Morgan fingerprint density at radius 1 is 1.00 bits per heavy atom. The predicted octanol–water partition coefficient (Wildman–Crippen LogP) is 2.45. The highest BCUT2D eigenvalue weighted by molar-refractivity contribution is 5.39. The summed E-state index contributed by atoms with van der Waals surface area (Å²) in [6.07, 6.45) is 7.79. The van der Waals surface area contributed by atoms with Crippen LogP contribution in [-0.4, -0.2) is 46.2 Å². The molecule has 2 N–H and O–H groups in total. The van der Waals surface area contributed by atoms with Gasteiger partial charge >= 0.3 is 0 Å². The summed E-state index contributed by atoms with van der Waals surface area (Å²) in [5.74, 6) is 0.870. The third-order valence-corrected chi connectivity index (χ3v) is 7.18. The lowest BCUT2D eigenvalue weighted by Gasteiger charge is -2.37. The summed E-state index contributed by atoms with van der Waals surface area (Å²) in [5.41, 5.74) is 2.83. The van der Waals surface area contributed by atoms with Gasteiger partial charge in [-0.3, -0.25) is 4.79 Å². The monoisotopic (exact) mass is 408 g/mol. The molecular formula is C24H32N4O2. The van der Waals surface area contributed by atoms with Crippen molar-refractivity contribution in [1.29, 1.82) is 0 Å². The van der Waals surface area contributed by atoms with E-state index in [-0.39, 0.29) is 11.6 Å². The quantitative estimate of drug-likeness (QED) is 0.795. The van der Waals surface area contributed by atoms with E-state index in [2.05, 4.69) is 34.5 Å². The van der Waals surface area contributed by atoms with E-state index >= 15 is 0 Å². The van der Waals surface area contributed by atoms with E-state index < -0.39 is 6.10 Å². The zero-order valence-corrected chi connectivity index (χ0v) is 17.5. The number of aliphatic hydroxyl groups is 1.